The van der Waals surface area contributed by atoms with Crippen molar-refractivity contribution >= 4 is 21.9 Å². The largest absolute Gasteiger partial charge is 0.459 e. The second-order valence-electron chi connectivity index (χ2n) is 5.27. The Bertz CT molecular complexity index is 424. The predicted octanol–water partition coefficient (Wildman–Crippen LogP) is 3.19. The van der Waals surface area contributed by atoms with Crippen molar-refractivity contribution in [1.82, 2.24) is 5.32 Å². The van der Waals surface area contributed by atoms with Crippen LogP contribution in [0.4, 0.5) is 0 Å². The van der Waals surface area contributed by atoms with Crippen LogP contribution in [-0.4, -0.2) is 18.1 Å². The van der Waals surface area contributed by atoms with Crippen LogP contribution in [0.2, 0.25) is 0 Å². The lowest BCUT2D eigenvalue weighted by molar-refractivity contribution is -0.153. The van der Waals surface area contributed by atoms with Crippen molar-refractivity contribution in [3.63, 3.8) is 0 Å². The summed E-state index contributed by atoms with van der Waals surface area (Å²) in [6, 6.07) is 6.13. The summed E-state index contributed by atoms with van der Waals surface area (Å²) in [6.07, 6.45) is 0. The minimum absolute atomic E-state index is 0.226. The zero-order valence-corrected chi connectivity index (χ0v) is 12.9. The molecule has 0 radical (unpaired) electrons. The van der Waals surface area contributed by atoms with Crippen LogP contribution >= 0.6 is 15.9 Å². The maximum Gasteiger partial charge on any atom is 0.320 e. The SMILES string of the molecule is Cc1cc(CNCC(=O)OC(C)(C)C)ccc1Br. The summed E-state index contributed by atoms with van der Waals surface area (Å²) in [5, 5.41) is 3.08. The molecule has 3 nitrogen and oxygen atoms in total. The van der Waals surface area contributed by atoms with Gasteiger partial charge >= 0.3 is 5.97 Å². The van der Waals surface area contributed by atoms with E-state index in [1.165, 1.54) is 5.56 Å². The maximum absolute atomic E-state index is 11.5. The van der Waals surface area contributed by atoms with E-state index < -0.39 is 5.60 Å². The molecule has 1 rings (SSSR count). The van der Waals surface area contributed by atoms with Gasteiger partial charge in [0.2, 0.25) is 0 Å². The molecule has 1 N–H and O–H groups in total. The third kappa shape index (κ3) is 5.65. The Morgan fingerprint density at radius 1 is 1.39 bits per heavy atom. The van der Waals surface area contributed by atoms with E-state index in [4.69, 9.17) is 4.74 Å². The first-order valence-electron chi connectivity index (χ1n) is 5.95. The third-order valence-corrected chi connectivity index (χ3v) is 3.13. The van der Waals surface area contributed by atoms with E-state index in [1.54, 1.807) is 0 Å². The topological polar surface area (TPSA) is 38.3 Å². The molecule has 0 spiro atoms. The fourth-order valence-corrected chi connectivity index (χ4v) is 1.75. The fraction of sp³-hybridized carbons (Fsp3) is 0.500. The van der Waals surface area contributed by atoms with Crippen molar-refractivity contribution in [3.8, 4) is 0 Å². The van der Waals surface area contributed by atoms with Gasteiger partial charge in [-0.05, 0) is 44.9 Å². The number of aryl methyl sites for hydroxylation is 1. The first-order valence-corrected chi connectivity index (χ1v) is 6.75. The summed E-state index contributed by atoms with van der Waals surface area (Å²) in [5.74, 6) is -0.226. The van der Waals surface area contributed by atoms with Gasteiger partial charge in [-0.1, -0.05) is 28.1 Å². The average Bonchev–Trinajstić information content (AvgIpc) is 2.20. The van der Waals surface area contributed by atoms with E-state index >= 15 is 0 Å². The van der Waals surface area contributed by atoms with Crippen LogP contribution in [0.25, 0.3) is 0 Å². The van der Waals surface area contributed by atoms with Crippen LogP contribution in [0.15, 0.2) is 22.7 Å². The van der Waals surface area contributed by atoms with Gasteiger partial charge in [0.05, 0.1) is 6.54 Å². The Labute approximate surface area is 117 Å². The van der Waals surface area contributed by atoms with Crippen molar-refractivity contribution in [2.75, 3.05) is 6.54 Å². The monoisotopic (exact) mass is 313 g/mol. The Morgan fingerprint density at radius 3 is 2.61 bits per heavy atom. The second kappa shape index (κ2) is 6.34. The molecule has 0 fully saturated rings. The number of benzene rings is 1. The van der Waals surface area contributed by atoms with Crippen molar-refractivity contribution in [1.29, 1.82) is 0 Å². The van der Waals surface area contributed by atoms with Gasteiger partial charge in [-0.15, -0.1) is 0 Å². The highest BCUT2D eigenvalue weighted by atomic mass is 79.9. The van der Waals surface area contributed by atoms with Crippen LogP contribution < -0.4 is 5.32 Å². The number of carbonyl (C=O) groups excluding carboxylic acids is 1. The molecule has 0 saturated carbocycles. The molecule has 0 aliphatic heterocycles. The lowest BCUT2D eigenvalue weighted by Gasteiger charge is -2.19. The second-order valence-corrected chi connectivity index (χ2v) is 6.13. The highest BCUT2D eigenvalue weighted by Crippen LogP contribution is 2.16. The quantitative estimate of drug-likeness (QED) is 0.868. The van der Waals surface area contributed by atoms with E-state index in [2.05, 4.69) is 27.3 Å². The van der Waals surface area contributed by atoms with Crippen LogP contribution in [0.1, 0.15) is 31.9 Å². The number of nitrogens with one attached hydrogen (secondary N) is 1. The van der Waals surface area contributed by atoms with E-state index in [0.29, 0.717) is 6.54 Å². The molecule has 0 aromatic heterocycles. The molecule has 100 valence electrons. The van der Waals surface area contributed by atoms with Gasteiger partial charge in [0.1, 0.15) is 5.60 Å². The molecule has 18 heavy (non-hydrogen) atoms. The number of ether oxygens (including phenoxy) is 1. The van der Waals surface area contributed by atoms with Crippen molar-refractivity contribution in [3.05, 3.63) is 33.8 Å². The van der Waals surface area contributed by atoms with Crippen LogP contribution in [0.5, 0.6) is 0 Å². The molecule has 0 aliphatic carbocycles. The minimum Gasteiger partial charge on any atom is -0.459 e. The lowest BCUT2D eigenvalue weighted by atomic mass is 10.1. The number of hydrogen-bond acceptors (Lipinski definition) is 3. The number of carbonyl (C=O) groups is 1. The van der Waals surface area contributed by atoms with Gasteiger partial charge in [0.15, 0.2) is 0 Å². The summed E-state index contributed by atoms with van der Waals surface area (Å²) >= 11 is 3.46. The summed E-state index contributed by atoms with van der Waals surface area (Å²) in [5.41, 5.74) is 1.92. The third-order valence-electron chi connectivity index (χ3n) is 2.24. The molecule has 1 aromatic carbocycles. The lowest BCUT2D eigenvalue weighted by Crippen LogP contribution is -2.31. The zero-order chi connectivity index (χ0) is 13.8. The van der Waals surface area contributed by atoms with Crippen molar-refractivity contribution in [2.24, 2.45) is 0 Å². The number of hydrogen-bond donors (Lipinski definition) is 1. The molecular weight excluding hydrogens is 294 g/mol. The van der Waals surface area contributed by atoms with Crippen molar-refractivity contribution in [2.45, 2.75) is 39.8 Å². The summed E-state index contributed by atoms with van der Waals surface area (Å²) in [6.45, 7) is 8.52. The van der Waals surface area contributed by atoms with Gasteiger partial charge in [-0.3, -0.25) is 4.79 Å². The van der Waals surface area contributed by atoms with Gasteiger partial charge < -0.3 is 10.1 Å². The smallest absolute Gasteiger partial charge is 0.320 e. The Kier molecular flexibility index (Phi) is 5.35. The Morgan fingerprint density at radius 2 is 2.06 bits per heavy atom. The first kappa shape index (κ1) is 15.2. The molecular formula is C14H20BrNO2. The van der Waals surface area contributed by atoms with Gasteiger partial charge in [0, 0.05) is 11.0 Å². The van der Waals surface area contributed by atoms with E-state index in [9.17, 15) is 4.79 Å². The summed E-state index contributed by atoms with van der Waals surface area (Å²) in [4.78, 5) is 11.5. The number of halogens is 1. The molecule has 4 heteroatoms. The van der Waals surface area contributed by atoms with Crippen molar-refractivity contribution < 1.29 is 9.53 Å². The van der Waals surface area contributed by atoms with Gasteiger partial charge in [-0.25, -0.2) is 0 Å². The molecule has 0 amide bonds. The van der Waals surface area contributed by atoms with Crippen LogP contribution in [-0.2, 0) is 16.1 Å². The Hall–Kier alpha value is -0.870. The highest BCUT2D eigenvalue weighted by molar-refractivity contribution is 9.10. The zero-order valence-electron chi connectivity index (χ0n) is 11.3. The minimum atomic E-state index is -0.424. The number of rotatable bonds is 4. The molecule has 0 atom stereocenters. The molecule has 0 bridgehead atoms. The maximum atomic E-state index is 11.5. The summed E-state index contributed by atoms with van der Waals surface area (Å²) in [7, 11) is 0. The van der Waals surface area contributed by atoms with Gasteiger partial charge in [-0.2, -0.15) is 0 Å². The molecule has 0 aliphatic rings. The van der Waals surface area contributed by atoms with E-state index in [1.807, 2.05) is 39.8 Å². The first-order chi connectivity index (χ1) is 8.28. The van der Waals surface area contributed by atoms with E-state index in [-0.39, 0.29) is 12.5 Å². The predicted molar refractivity (Wildman–Crippen MR) is 76.4 cm³/mol. The molecule has 1 aromatic rings. The standard InChI is InChI=1S/C14H20BrNO2/c1-10-7-11(5-6-12(10)15)8-16-9-13(17)18-14(2,3)4/h5-7,16H,8-9H2,1-4H3. The highest BCUT2D eigenvalue weighted by Gasteiger charge is 2.15. The normalized spacial score (nSPS) is 11.4. The average molecular weight is 314 g/mol. The number of esters is 1. The summed E-state index contributed by atoms with van der Waals surface area (Å²) < 4.78 is 6.31. The molecule has 0 heterocycles. The van der Waals surface area contributed by atoms with Crippen LogP contribution in [0.3, 0.4) is 0 Å². The fourth-order valence-electron chi connectivity index (χ4n) is 1.50. The van der Waals surface area contributed by atoms with Crippen LogP contribution in [0, 0.1) is 6.92 Å². The van der Waals surface area contributed by atoms with E-state index in [0.717, 1.165) is 10.0 Å². The Balaban J connectivity index is 2.38. The van der Waals surface area contributed by atoms with Gasteiger partial charge in [0.25, 0.3) is 0 Å². The molecule has 0 unspecified atom stereocenters. The molecule has 0 saturated heterocycles.